The van der Waals surface area contributed by atoms with Gasteiger partial charge in [-0.25, -0.2) is 0 Å². The quantitative estimate of drug-likeness (QED) is 0.570. The second-order valence-corrected chi connectivity index (χ2v) is 8.43. The molecule has 0 aliphatic carbocycles. The van der Waals surface area contributed by atoms with Crippen molar-refractivity contribution in [2.24, 2.45) is 5.92 Å². The van der Waals surface area contributed by atoms with Crippen LogP contribution >= 0.6 is 0 Å². The number of benzene rings is 1. The number of anilines is 1. The Hall–Kier alpha value is -2.69. The fraction of sp³-hybridized carbons (Fsp3) is 0.609. The third-order valence-electron chi connectivity index (χ3n) is 6.20. The first-order chi connectivity index (χ1) is 16.1. The highest BCUT2D eigenvalue weighted by molar-refractivity contribution is 6.00. The first-order valence-electron chi connectivity index (χ1n) is 11.6. The van der Waals surface area contributed by atoms with Crippen LogP contribution in [0.3, 0.4) is 0 Å². The first-order valence-corrected chi connectivity index (χ1v) is 11.6. The second-order valence-electron chi connectivity index (χ2n) is 8.43. The van der Waals surface area contributed by atoms with E-state index in [4.69, 9.17) is 14.2 Å². The lowest BCUT2D eigenvalue weighted by atomic mass is 10.1. The van der Waals surface area contributed by atoms with Gasteiger partial charge in [0.25, 0.3) is 5.91 Å². The van der Waals surface area contributed by atoms with E-state index in [-0.39, 0.29) is 36.7 Å². The lowest BCUT2D eigenvalue weighted by Gasteiger charge is -2.26. The maximum Gasteiger partial charge on any atom is 0.260 e. The Balaban J connectivity index is 1.21. The molecular weight excluding hydrogens is 428 g/mol. The first kappa shape index (κ1) is 23.5. The van der Waals surface area contributed by atoms with E-state index in [2.05, 4.69) is 10.2 Å². The summed E-state index contributed by atoms with van der Waals surface area (Å²) in [7, 11) is 0. The molecule has 10 nitrogen and oxygen atoms in total. The van der Waals surface area contributed by atoms with Gasteiger partial charge in [0.2, 0.25) is 11.8 Å². The molecule has 0 unspecified atom stereocenters. The number of morpholine rings is 2. The van der Waals surface area contributed by atoms with E-state index >= 15 is 0 Å². The van der Waals surface area contributed by atoms with Crippen LogP contribution in [0.4, 0.5) is 5.69 Å². The summed E-state index contributed by atoms with van der Waals surface area (Å²) in [5.74, 6) is -0.0200. The van der Waals surface area contributed by atoms with E-state index < -0.39 is 0 Å². The predicted octanol–water partition coefficient (Wildman–Crippen LogP) is -0.274. The van der Waals surface area contributed by atoms with Crippen LogP contribution in [-0.2, 0) is 23.9 Å². The SMILES string of the molecule is O=C(NCCN1CCOCC1)[C@@H]1CC(=O)N(c2ccc(OCC(=O)N3CCOCC3)cc2)C1. The molecule has 10 heteroatoms. The minimum absolute atomic E-state index is 0.0330. The molecule has 3 aliphatic rings. The Labute approximate surface area is 193 Å². The summed E-state index contributed by atoms with van der Waals surface area (Å²) in [6.07, 6.45) is 0.204. The summed E-state index contributed by atoms with van der Waals surface area (Å²) < 4.78 is 16.2. The van der Waals surface area contributed by atoms with E-state index in [9.17, 15) is 14.4 Å². The van der Waals surface area contributed by atoms with E-state index in [1.807, 2.05) is 0 Å². The molecule has 1 aromatic rings. The summed E-state index contributed by atoms with van der Waals surface area (Å²) >= 11 is 0. The van der Waals surface area contributed by atoms with Crippen LogP contribution < -0.4 is 15.0 Å². The maximum atomic E-state index is 12.5. The van der Waals surface area contributed by atoms with Crippen LogP contribution in [0.15, 0.2) is 24.3 Å². The lowest BCUT2D eigenvalue weighted by molar-refractivity contribution is -0.137. The van der Waals surface area contributed by atoms with Gasteiger partial charge < -0.3 is 29.3 Å². The van der Waals surface area contributed by atoms with Crippen molar-refractivity contribution in [2.75, 3.05) is 83.7 Å². The lowest BCUT2D eigenvalue weighted by Crippen LogP contribution is -2.42. The summed E-state index contributed by atoms with van der Waals surface area (Å²) in [5, 5.41) is 2.96. The van der Waals surface area contributed by atoms with Gasteiger partial charge in [0.15, 0.2) is 6.61 Å². The molecule has 3 amide bonds. The van der Waals surface area contributed by atoms with Crippen molar-refractivity contribution in [3.05, 3.63) is 24.3 Å². The molecule has 180 valence electrons. The van der Waals surface area contributed by atoms with Crippen LogP contribution in [0.1, 0.15) is 6.42 Å². The molecule has 0 aromatic heterocycles. The number of hydrogen-bond donors (Lipinski definition) is 1. The largest absolute Gasteiger partial charge is 0.484 e. The van der Waals surface area contributed by atoms with Gasteiger partial charge >= 0.3 is 0 Å². The molecule has 1 aromatic carbocycles. The molecule has 3 aliphatic heterocycles. The number of hydrogen-bond acceptors (Lipinski definition) is 7. The zero-order valence-electron chi connectivity index (χ0n) is 18.9. The minimum atomic E-state index is -0.357. The normalized spacial score (nSPS) is 21.8. The fourth-order valence-electron chi connectivity index (χ4n) is 4.21. The number of amides is 3. The van der Waals surface area contributed by atoms with Gasteiger partial charge in [-0.3, -0.25) is 19.3 Å². The fourth-order valence-corrected chi connectivity index (χ4v) is 4.21. The molecule has 0 spiro atoms. The molecule has 0 radical (unpaired) electrons. The van der Waals surface area contributed by atoms with Crippen LogP contribution in [0.5, 0.6) is 5.75 Å². The predicted molar refractivity (Wildman–Crippen MR) is 120 cm³/mol. The molecule has 1 N–H and O–H groups in total. The van der Waals surface area contributed by atoms with Crippen LogP contribution in [0.25, 0.3) is 0 Å². The molecule has 3 saturated heterocycles. The Morgan fingerprint density at radius 3 is 2.36 bits per heavy atom. The number of rotatable bonds is 8. The maximum absolute atomic E-state index is 12.5. The molecule has 0 saturated carbocycles. The van der Waals surface area contributed by atoms with Gasteiger partial charge in [-0.05, 0) is 24.3 Å². The van der Waals surface area contributed by atoms with E-state index in [0.717, 1.165) is 38.5 Å². The Bertz CT molecular complexity index is 821. The summed E-state index contributed by atoms with van der Waals surface area (Å²) in [4.78, 5) is 42.9. The second kappa shape index (κ2) is 11.4. The van der Waals surface area contributed by atoms with Crippen LogP contribution in [-0.4, -0.2) is 106 Å². The zero-order chi connectivity index (χ0) is 23.0. The van der Waals surface area contributed by atoms with Gasteiger partial charge in [-0.1, -0.05) is 0 Å². The topological polar surface area (TPSA) is 101 Å². The number of nitrogens with one attached hydrogen (secondary N) is 1. The molecule has 0 bridgehead atoms. The monoisotopic (exact) mass is 460 g/mol. The van der Waals surface area contributed by atoms with Crippen molar-refractivity contribution >= 4 is 23.4 Å². The summed E-state index contributed by atoms with van der Waals surface area (Å²) in [6, 6.07) is 7.05. The third kappa shape index (κ3) is 6.43. The number of nitrogens with zero attached hydrogens (tertiary/aromatic N) is 3. The standard InChI is InChI=1S/C23H32N4O6/c28-21-15-18(23(30)24-5-6-25-7-11-31-12-8-25)16-27(21)19-1-3-20(4-2-19)33-17-22(29)26-9-13-32-14-10-26/h1-4,18H,5-17H2,(H,24,30)/t18-/m1/s1. The van der Waals surface area contributed by atoms with Crippen molar-refractivity contribution in [1.82, 2.24) is 15.1 Å². The molecule has 4 rings (SSSR count). The molecule has 3 fully saturated rings. The number of carbonyl (C=O) groups is 3. The smallest absolute Gasteiger partial charge is 0.260 e. The molecular formula is C23H32N4O6. The van der Waals surface area contributed by atoms with Crippen molar-refractivity contribution in [3.8, 4) is 5.75 Å². The Morgan fingerprint density at radius 1 is 1.00 bits per heavy atom. The van der Waals surface area contributed by atoms with Crippen molar-refractivity contribution in [2.45, 2.75) is 6.42 Å². The minimum Gasteiger partial charge on any atom is -0.484 e. The zero-order valence-corrected chi connectivity index (χ0v) is 18.9. The number of ether oxygens (including phenoxy) is 3. The summed E-state index contributed by atoms with van der Waals surface area (Å²) in [5.41, 5.74) is 0.718. The van der Waals surface area contributed by atoms with Gasteiger partial charge in [0, 0.05) is 57.9 Å². The Morgan fingerprint density at radius 2 is 1.67 bits per heavy atom. The molecule has 1 atom stereocenters. The van der Waals surface area contributed by atoms with Crippen molar-refractivity contribution in [3.63, 3.8) is 0 Å². The number of carbonyl (C=O) groups excluding carboxylic acids is 3. The van der Waals surface area contributed by atoms with E-state index in [1.54, 1.807) is 34.1 Å². The van der Waals surface area contributed by atoms with E-state index in [0.29, 0.717) is 45.1 Å². The third-order valence-corrected chi connectivity index (χ3v) is 6.20. The highest BCUT2D eigenvalue weighted by Gasteiger charge is 2.35. The summed E-state index contributed by atoms with van der Waals surface area (Å²) in [6.45, 7) is 7.18. The van der Waals surface area contributed by atoms with Crippen LogP contribution in [0.2, 0.25) is 0 Å². The van der Waals surface area contributed by atoms with Crippen molar-refractivity contribution in [1.29, 1.82) is 0 Å². The van der Waals surface area contributed by atoms with Gasteiger partial charge in [-0.2, -0.15) is 0 Å². The van der Waals surface area contributed by atoms with Gasteiger partial charge in [0.1, 0.15) is 5.75 Å². The Kier molecular flexibility index (Phi) is 8.14. The van der Waals surface area contributed by atoms with Crippen molar-refractivity contribution < 1.29 is 28.6 Å². The highest BCUT2D eigenvalue weighted by Crippen LogP contribution is 2.27. The van der Waals surface area contributed by atoms with Gasteiger partial charge in [-0.15, -0.1) is 0 Å². The molecule has 33 heavy (non-hydrogen) atoms. The van der Waals surface area contributed by atoms with Gasteiger partial charge in [0.05, 0.1) is 32.3 Å². The molecule has 3 heterocycles. The average molecular weight is 461 g/mol. The van der Waals surface area contributed by atoms with Crippen LogP contribution in [0, 0.1) is 5.92 Å². The highest BCUT2D eigenvalue weighted by atomic mass is 16.5. The van der Waals surface area contributed by atoms with E-state index in [1.165, 1.54) is 0 Å². The average Bonchev–Trinajstić information content (AvgIpc) is 3.25.